The molecule has 0 N–H and O–H groups in total. The van der Waals surface area contributed by atoms with Gasteiger partial charge in [0.15, 0.2) is 5.79 Å². The molecule has 1 heterocycles. The first kappa shape index (κ1) is 24.5. The van der Waals surface area contributed by atoms with E-state index < -0.39 is 44.3 Å². The van der Waals surface area contributed by atoms with Crippen LogP contribution in [0.3, 0.4) is 0 Å². The monoisotopic (exact) mass is 490 g/mol. The zero-order valence-corrected chi connectivity index (χ0v) is 19.7. The number of halogens is 3. The lowest BCUT2D eigenvalue weighted by Gasteiger charge is -2.61. The van der Waals surface area contributed by atoms with Crippen LogP contribution in [0.2, 0.25) is 0 Å². The van der Waals surface area contributed by atoms with Gasteiger partial charge in [-0.15, -0.1) is 0 Å². The van der Waals surface area contributed by atoms with Crippen molar-refractivity contribution >= 4 is 10.1 Å². The lowest BCUT2D eigenvalue weighted by Crippen LogP contribution is -2.63. The van der Waals surface area contributed by atoms with E-state index >= 15 is 0 Å². The number of fused-ring (bicyclic) bond motifs is 1. The first-order chi connectivity index (χ1) is 15.3. The minimum absolute atomic E-state index is 0.190. The fourth-order valence-corrected chi connectivity index (χ4v) is 6.48. The maximum absolute atomic E-state index is 13.1. The summed E-state index contributed by atoms with van der Waals surface area (Å²) < 4.78 is 86.2. The van der Waals surface area contributed by atoms with Gasteiger partial charge in [-0.05, 0) is 24.5 Å². The first-order valence-electron chi connectivity index (χ1n) is 11.0. The third-order valence-electron chi connectivity index (χ3n) is 7.43. The smallest absolute Gasteiger partial charge is 0.380 e. The van der Waals surface area contributed by atoms with E-state index in [1.165, 1.54) is 6.08 Å². The van der Waals surface area contributed by atoms with Crippen molar-refractivity contribution in [3.63, 3.8) is 0 Å². The molecule has 2 aliphatic carbocycles. The number of rotatable bonds is 5. The Morgan fingerprint density at radius 1 is 1.06 bits per heavy atom. The summed E-state index contributed by atoms with van der Waals surface area (Å²) in [5.41, 5.74) is -6.28. The van der Waals surface area contributed by atoms with E-state index in [1.807, 2.05) is 44.2 Å². The third-order valence-corrected chi connectivity index (χ3v) is 8.40. The third kappa shape index (κ3) is 4.09. The van der Waals surface area contributed by atoms with E-state index in [0.29, 0.717) is 32.7 Å². The van der Waals surface area contributed by atoms with Crippen molar-refractivity contribution in [2.75, 3.05) is 13.2 Å². The molecule has 3 atom stereocenters. The minimum atomic E-state index is -5.80. The number of ether oxygens (including phenoxy) is 3. The van der Waals surface area contributed by atoms with Crippen molar-refractivity contribution < 1.29 is 40.0 Å². The molecule has 3 aliphatic rings. The molecule has 1 aliphatic heterocycles. The van der Waals surface area contributed by atoms with Gasteiger partial charge in [0.05, 0.1) is 25.9 Å². The lowest BCUT2D eigenvalue weighted by atomic mass is 9.49. The Labute approximate surface area is 192 Å². The highest BCUT2D eigenvalue weighted by Gasteiger charge is 2.67. The summed E-state index contributed by atoms with van der Waals surface area (Å²) in [6.45, 7) is 6.79. The van der Waals surface area contributed by atoms with Gasteiger partial charge in [0.25, 0.3) is 0 Å². The molecule has 0 aromatic heterocycles. The van der Waals surface area contributed by atoms with Crippen LogP contribution in [0.25, 0.3) is 0 Å². The van der Waals surface area contributed by atoms with Gasteiger partial charge in [-0.25, -0.2) is 0 Å². The topological polar surface area (TPSA) is 71.1 Å². The summed E-state index contributed by atoms with van der Waals surface area (Å²) in [5, 5.41) is 0. The average molecular weight is 491 g/mol. The Bertz CT molecular complexity index is 999. The Morgan fingerprint density at radius 2 is 1.70 bits per heavy atom. The van der Waals surface area contributed by atoms with E-state index in [2.05, 4.69) is 0 Å². The molecule has 0 amide bonds. The fourth-order valence-electron chi connectivity index (χ4n) is 5.89. The molecule has 4 rings (SSSR count). The summed E-state index contributed by atoms with van der Waals surface area (Å²) in [6, 6.07) is 9.56. The second kappa shape index (κ2) is 8.25. The van der Waals surface area contributed by atoms with Crippen LogP contribution in [-0.4, -0.2) is 39.0 Å². The van der Waals surface area contributed by atoms with Crippen molar-refractivity contribution in [1.29, 1.82) is 0 Å². The largest absolute Gasteiger partial charge is 0.534 e. The molecule has 1 saturated carbocycles. The van der Waals surface area contributed by atoms with E-state index in [0.717, 1.165) is 5.56 Å². The summed E-state index contributed by atoms with van der Waals surface area (Å²) in [7, 11) is -5.80. The van der Waals surface area contributed by atoms with Crippen molar-refractivity contribution in [3.8, 4) is 0 Å². The van der Waals surface area contributed by atoms with Crippen molar-refractivity contribution in [2.24, 2.45) is 16.7 Å². The molecule has 1 saturated heterocycles. The molecule has 1 aromatic rings. The van der Waals surface area contributed by atoms with Crippen molar-refractivity contribution in [3.05, 3.63) is 47.7 Å². The molecule has 184 valence electrons. The Balaban J connectivity index is 1.71. The van der Waals surface area contributed by atoms with E-state index in [-0.39, 0.29) is 12.2 Å². The normalized spacial score (nSPS) is 31.2. The predicted octanol–water partition coefficient (Wildman–Crippen LogP) is 4.91. The first-order valence-corrected chi connectivity index (χ1v) is 12.4. The SMILES string of the molecule is CC1(C)[C@@H]2[C@@H](OCc3ccccc3)CC=C(OS(=O)(=O)C(F)(F)F)[C@@]2(C)CCC12OCCO2. The predicted molar refractivity (Wildman–Crippen MR) is 113 cm³/mol. The van der Waals surface area contributed by atoms with Crippen LogP contribution in [0.5, 0.6) is 0 Å². The van der Waals surface area contributed by atoms with Crippen LogP contribution in [0.1, 0.15) is 45.6 Å². The number of allylic oxidation sites excluding steroid dienone is 1. The van der Waals surface area contributed by atoms with Gasteiger partial charge in [-0.3, -0.25) is 0 Å². The Hall–Kier alpha value is -1.62. The molecule has 10 heteroatoms. The molecule has 33 heavy (non-hydrogen) atoms. The number of benzene rings is 1. The standard InChI is InChI=1S/C23H29F3O6S/c1-20(2)19-17(29-15-16-7-5-4-6-8-16)9-10-18(32-33(27,28)23(24,25)26)21(19,3)11-12-22(20)30-13-14-31-22/h4-8,10,17,19H,9,11-15H2,1-3H3/t17-,19-,21+/m0/s1. The van der Waals surface area contributed by atoms with E-state index in [9.17, 15) is 21.6 Å². The van der Waals surface area contributed by atoms with Gasteiger partial charge in [-0.1, -0.05) is 51.1 Å². The number of hydrogen-bond acceptors (Lipinski definition) is 6. The quantitative estimate of drug-likeness (QED) is 0.432. The van der Waals surface area contributed by atoms with Gasteiger partial charge < -0.3 is 18.4 Å². The molecule has 2 fully saturated rings. The van der Waals surface area contributed by atoms with E-state index in [1.54, 1.807) is 6.92 Å². The maximum atomic E-state index is 13.1. The highest BCUT2D eigenvalue weighted by Crippen LogP contribution is 2.64. The Kier molecular flexibility index (Phi) is 6.13. The fraction of sp³-hybridized carbons (Fsp3) is 0.652. The molecule has 0 radical (unpaired) electrons. The minimum Gasteiger partial charge on any atom is -0.380 e. The van der Waals surface area contributed by atoms with Crippen LogP contribution in [0, 0.1) is 16.7 Å². The zero-order chi connectivity index (χ0) is 24.1. The van der Waals surface area contributed by atoms with Crippen LogP contribution >= 0.6 is 0 Å². The van der Waals surface area contributed by atoms with Crippen LogP contribution in [-0.2, 0) is 35.1 Å². The summed E-state index contributed by atoms with van der Waals surface area (Å²) in [5.74, 6) is -1.54. The second-order valence-corrected chi connectivity index (χ2v) is 11.2. The molecule has 1 spiro atoms. The van der Waals surface area contributed by atoms with Gasteiger partial charge in [0.1, 0.15) is 5.76 Å². The maximum Gasteiger partial charge on any atom is 0.534 e. The molecule has 0 bridgehead atoms. The van der Waals surface area contributed by atoms with Crippen LogP contribution in [0.4, 0.5) is 13.2 Å². The summed E-state index contributed by atoms with van der Waals surface area (Å²) >= 11 is 0. The average Bonchev–Trinajstić information content (AvgIpc) is 3.22. The van der Waals surface area contributed by atoms with Crippen LogP contribution in [0.15, 0.2) is 42.2 Å². The number of hydrogen-bond donors (Lipinski definition) is 0. The lowest BCUT2D eigenvalue weighted by molar-refractivity contribution is -0.297. The highest BCUT2D eigenvalue weighted by molar-refractivity contribution is 7.87. The van der Waals surface area contributed by atoms with E-state index in [4.69, 9.17) is 18.4 Å². The van der Waals surface area contributed by atoms with Gasteiger partial charge in [0.2, 0.25) is 0 Å². The number of alkyl halides is 3. The van der Waals surface area contributed by atoms with Gasteiger partial charge in [0, 0.05) is 23.2 Å². The highest BCUT2D eigenvalue weighted by atomic mass is 32.2. The van der Waals surface area contributed by atoms with Gasteiger partial charge >= 0.3 is 15.6 Å². The zero-order valence-electron chi connectivity index (χ0n) is 18.9. The van der Waals surface area contributed by atoms with Crippen molar-refractivity contribution in [2.45, 2.75) is 64.0 Å². The molecular formula is C23H29F3O6S. The van der Waals surface area contributed by atoms with Gasteiger partial charge in [-0.2, -0.15) is 21.6 Å². The molecule has 0 unspecified atom stereocenters. The molecule has 1 aromatic carbocycles. The van der Waals surface area contributed by atoms with Crippen molar-refractivity contribution in [1.82, 2.24) is 0 Å². The summed E-state index contributed by atoms with van der Waals surface area (Å²) in [6.07, 6.45) is 1.95. The Morgan fingerprint density at radius 3 is 2.30 bits per heavy atom. The van der Waals surface area contributed by atoms with Crippen LogP contribution < -0.4 is 0 Å². The molecule has 6 nitrogen and oxygen atoms in total. The molecular weight excluding hydrogens is 461 g/mol. The second-order valence-electron chi connectivity index (χ2n) is 9.69. The summed E-state index contributed by atoms with van der Waals surface area (Å²) in [4.78, 5) is 0.